The second-order valence-corrected chi connectivity index (χ2v) is 5.53. The largest absolute Gasteiger partial charge is 0.389 e. The molecule has 0 fully saturated rings. The van der Waals surface area contributed by atoms with Crippen molar-refractivity contribution in [3.8, 4) is 0 Å². The molecule has 0 aromatic heterocycles. The summed E-state index contributed by atoms with van der Waals surface area (Å²) < 4.78 is 5.50. The molecule has 0 bridgehead atoms. The smallest absolute Gasteiger partial charge is 0.107 e. The van der Waals surface area contributed by atoms with Crippen molar-refractivity contribution in [2.45, 2.75) is 26.8 Å². The molecule has 1 unspecified atom stereocenters. The van der Waals surface area contributed by atoms with Gasteiger partial charge >= 0.3 is 0 Å². The third-order valence-corrected chi connectivity index (χ3v) is 3.43. The Hall–Kier alpha value is -0.840. The number of thiocarbonyl (C=S) groups is 1. The Bertz CT molecular complexity index is 437. The van der Waals surface area contributed by atoms with Crippen molar-refractivity contribution >= 4 is 34.5 Å². The van der Waals surface area contributed by atoms with Gasteiger partial charge < -0.3 is 15.8 Å². The van der Waals surface area contributed by atoms with E-state index in [1.165, 1.54) is 0 Å². The molecule has 0 heterocycles. The van der Waals surface area contributed by atoms with Crippen LogP contribution >= 0.6 is 23.8 Å². The maximum absolute atomic E-state index is 6.15. The van der Waals surface area contributed by atoms with E-state index in [9.17, 15) is 0 Å². The number of ether oxygens (including phenoxy) is 1. The summed E-state index contributed by atoms with van der Waals surface area (Å²) in [5.74, 6) is 0.421. The Labute approximate surface area is 125 Å². The summed E-state index contributed by atoms with van der Waals surface area (Å²) in [4.78, 5) is 0.298. The molecule has 0 aliphatic heterocycles. The van der Waals surface area contributed by atoms with E-state index >= 15 is 0 Å². The fraction of sp³-hybridized carbons (Fsp3) is 0.500. The van der Waals surface area contributed by atoms with Crippen LogP contribution in [0.2, 0.25) is 5.02 Å². The van der Waals surface area contributed by atoms with Gasteiger partial charge in [-0.2, -0.15) is 0 Å². The van der Waals surface area contributed by atoms with E-state index in [4.69, 9.17) is 34.3 Å². The lowest BCUT2D eigenvalue weighted by Gasteiger charge is -2.25. The van der Waals surface area contributed by atoms with Crippen molar-refractivity contribution < 1.29 is 4.74 Å². The van der Waals surface area contributed by atoms with Crippen LogP contribution in [-0.4, -0.2) is 24.2 Å². The summed E-state index contributed by atoms with van der Waals surface area (Å²) >= 11 is 11.2. The summed E-state index contributed by atoms with van der Waals surface area (Å²) in [5.41, 5.74) is 7.30. The summed E-state index contributed by atoms with van der Waals surface area (Å²) in [6.07, 6.45) is 0. The number of benzene rings is 1. The van der Waals surface area contributed by atoms with Gasteiger partial charge in [-0.05, 0) is 25.0 Å². The molecule has 19 heavy (non-hydrogen) atoms. The minimum Gasteiger partial charge on any atom is -0.389 e. The van der Waals surface area contributed by atoms with Crippen LogP contribution in [0.1, 0.15) is 26.3 Å². The molecule has 0 spiro atoms. The summed E-state index contributed by atoms with van der Waals surface area (Å²) in [7, 11) is 0. The monoisotopic (exact) mass is 300 g/mol. The molecule has 1 aromatic carbocycles. The summed E-state index contributed by atoms with van der Waals surface area (Å²) in [5, 5.41) is 3.99. The van der Waals surface area contributed by atoms with Crippen molar-refractivity contribution in [3.05, 3.63) is 28.8 Å². The van der Waals surface area contributed by atoms with Gasteiger partial charge in [0, 0.05) is 12.3 Å². The SMILES string of the molecule is CCOCC(Nc1cccc(Cl)c1C(N)=S)C(C)C. The zero-order valence-electron chi connectivity index (χ0n) is 11.6. The maximum Gasteiger partial charge on any atom is 0.107 e. The van der Waals surface area contributed by atoms with E-state index in [0.29, 0.717) is 34.7 Å². The Kier molecular flexibility index (Phi) is 6.55. The quantitative estimate of drug-likeness (QED) is 0.757. The number of hydrogen-bond acceptors (Lipinski definition) is 3. The van der Waals surface area contributed by atoms with E-state index in [1.54, 1.807) is 6.07 Å². The highest BCUT2D eigenvalue weighted by molar-refractivity contribution is 7.80. The Morgan fingerprint density at radius 1 is 1.47 bits per heavy atom. The van der Waals surface area contributed by atoms with Crippen LogP contribution in [0.3, 0.4) is 0 Å². The fourth-order valence-electron chi connectivity index (χ4n) is 1.74. The van der Waals surface area contributed by atoms with E-state index in [-0.39, 0.29) is 6.04 Å². The van der Waals surface area contributed by atoms with Gasteiger partial charge in [-0.25, -0.2) is 0 Å². The summed E-state index contributed by atoms with van der Waals surface area (Å²) in [6.45, 7) is 7.60. The maximum atomic E-state index is 6.15. The van der Waals surface area contributed by atoms with Gasteiger partial charge in [0.25, 0.3) is 0 Å². The number of nitrogens with two attached hydrogens (primary N) is 1. The van der Waals surface area contributed by atoms with Crippen LogP contribution in [0.5, 0.6) is 0 Å². The second-order valence-electron chi connectivity index (χ2n) is 4.68. The molecule has 3 nitrogen and oxygen atoms in total. The Morgan fingerprint density at radius 3 is 2.68 bits per heavy atom. The number of anilines is 1. The highest BCUT2D eigenvalue weighted by Gasteiger charge is 2.17. The summed E-state index contributed by atoms with van der Waals surface area (Å²) in [6, 6.07) is 5.78. The lowest BCUT2D eigenvalue weighted by molar-refractivity contribution is 0.127. The van der Waals surface area contributed by atoms with Crippen molar-refractivity contribution in [2.75, 3.05) is 18.5 Å². The molecule has 1 atom stereocenters. The third kappa shape index (κ3) is 4.64. The molecule has 0 amide bonds. The molecule has 3 N–H and O–H groups in total. The van der Waals surface area contributed by atoms with Crippen molar-refractivity contribution in [3.63, 3.8) is 0 Å². The van der Waals surface area contributed by atoms with Gasteiger partial charge in [0.05, 0.1) is 23.2 Å². The van der Waals surface area contributed by atoms with Gasteiger partial charge in [-0.1, -0.05) is 43.7 Å². The molecule has 1 rings (SSSR count). The van der Waals surface area contributed by atoms with E-state index in [0.717, 1.165) is 5.69 Å². The van der Waals surface area contributed by atoms with E-state index in [1.807, 2.05) is 19.1 Å². The molecular formula is C14H21ClN2OS. The second kappa shape index (κ2) is 7.68. The predicted molar refractivity (Wildman–Crippen MR) is 86.1 cm³/mol. The van der Waals surface area contributed by atoms with E-state index < -0.39 is 0 Å². The minimum atomic E-state index is 0.187. The normalized spacial score (nSPS) is 12.5. The molecule has 0 saturated heterocycles. The first-order valence-electron chi connectivity index (χ1n) is 6.40. The topological polar surface area (TPSA) is 47.3 Å². The molecular weight excluding hydrogens is 280 g/mol. The standard InChI is InChI=1S/C14H21ClN2OS/c1-4-18-8-12(9(2)3)17-11-7-5-6-10(15)13(11)14(16)19/h5-7,9,12,17H,4,8H2,1-3H3,(H2,16,19). The van der Waals surface area contributed by atoms with Crippen LogP contribution in [0.4, 0.5) is 5.69 Å². The third-order valence-electron chi connectivity index (χ3n) is 2.91. The number of halogens is 1. The first-order chi connectivity index (χ1) is 8.97. The first-order valence-corrected chi connectivity index (χ1v) is 7.18. The van der Waals surface area contributed by atoms with Crippen LogP contribution in [-0.2, 0) is 4.74 Å². The van der Waals surface area contributed by atoms with Crippen LogP contribution in [0.15, 0.2) is 18.2 Å². The van der Waals surface area contributed by atoms with Crippen LogP contribution < -0.4 is 11.1 Å². The first kappa shape index (κ1) is 16.2. The van der Waals surface area contributed by atoms with Gasteiger partial charge in [0.2, 0.25) is 0 Å². The predicted octanol–water partition coefficient (Wildman–Crippen LogP) is 3.45. The van der Waals surface area contributed by atoms with E-state index in [2.05, 4.69) is 19.2 Å². The molecule has 0 aliphatic rings. The molecule has 0 aliphatic carbocycles. The number of nitrogens with one attached hydrogen (secondary N) is 1. The average molecular weight is 301 g/mol. The van der Waals surface area contributed by atoms with Crippen LogP contribution in [0.25, 0.3) is 0 Å². The van der Waals surface area contributed by atoms with Gasteiger partial charge in [0.1, 0.15) is 4.99 Å². The van der Waals surface area contributed by atoms with Crippen LogP contribution in [0, 0.1) is 5.92 Å². The minimum absolute atomic E-state index is 0.187. The molecule has 1 aromatic rings. The molecule has 0 radical (unpaired) electrons. The van der Waals surface area contributed by atoms with Crippen molar-refractivity contribution in [2.24, 2.45) is 11.7 Å². The lowest BCUT2D eigenvalue weighted by atomic mass is 10.0. The Morgan fingerprint density at radius 2 is 2.16 bits per heavy atom. The fourth-order valence-corrected chi connectivity index (χ4v) is 2.29. The van der Waals surface area contributed by atoms with Gasteiger partial charge in [0.15, 0.2) is 0 Å². The van der Waals surface area contributed by atoms with Gasteiger partial charge in [-0.3, -0.25) is 0 Å². The highest BCUT2D eigenvalue weighted by Crippen LogP contribution is 2.25. The zero-order valence-corrected chi connectivity index (χ0v) is 13.1. The highest BCUT2D eigenvalue weighted by atomic mass is 35.5. The van der Waals surface area contributed by atoms with Crippen molar-refractivity contribution in [1.82, 2.24) is 0 Å². The van der Waals surface area contributed by atoms with Gasteiger partial charge in [-0.15, -0.1) is 0 Å². The number of rotatable bonds is 7. The average Bonchev–Trinajstić information content (AvgIpc) is 2.33. The molecule has 0 saturated carbocycles. The Balaban J connectivity index is 2.96. The molecule has 106 valence electrons. The number of hydrogen-bond donors (Lipinski definition) is 2. The molecule has 5 heteroatoms. The zero-order chi connectivity index (χ0) is 14.4. The van der Waals surface area contributed by atoms with Crippen molar-refractivity contribution in [1.29, 1.82) is 0 Å². The lowest BCUT2D eigenvalue weighted by Crippen LogP contribution is -2.32.